The number of hydrogen-bond donors (Lipinski definition) is 1. The van der Waals surface area contributed by atoms with E-state index in [0.717, 1.165) is 36.0 Å². The Morgan fingerprint density at radius 3 is 1.90 bits per heavy atom. The fraction of sp³-hybridized carbons (Fsp3) is 0.655. The van der Waals surface area contributed by atoms with Gasteiger partial charge < -0.3 is 5.11 Å². The van der Waals surface area contributed by atoms with Crippen LogP contribution >= 0.6 is 11.6 Å². The molecule has 0 saturated heterocycles. The molecular formula is C29H47ClO. The van der Waals surface area contributed by atoms with E-state index < -0.39 is 0 Å². The van der Waals surface area contributed by atoms with Crippen molar-refractivity contribution in [2.24, 2.45) is 0 Å². The van der Waals surface area contributed by atoms with E-state index in [0.29, 0.717) is 11.6 Å². The SMILES string of the molecule is CCCCCCCC/C=C\CCCCCCCC/C(O)=C(\CC)c1ccccc1CCl. The third-order valence-corrected chi connectivity index (χ3v) is 6.40. The first-order chi connectivity index (χ1) is 15.2. The van der Waals surface area contributed by atoms with Crippen molar-refractivity contribution in [2.75, 3.05) is 0 Å². The Kier molecular flexibility index (Phi) is 17.5. The molecule has 0 amide bonds. The third-order valence-electron chi connectivity index (χ3n) is 6.11. The fourth-order valence-corrected chi connectivity index (χ4v) is 4.41. The van der Waals surface area contributed by atoms with E-state index in [2.05, 4.69) is 38.1 Å². The number of aliphatic hydroxyl groups is 1. The minimum absolute atomic E-state index is 0.487. The standard InChI is InChI=1S/C29H47ClO/c1-3-5-6-7-8-9-10-11-12-13-14-15-16-17-18-19-24-29(31)27(4-2)28-23-21-20-22-26(28)25-30/h11-12,20-23,31H,3-10,13-19,24-25H2,1-2H3/b12-11-,29-27-. The van der Waals surface area contributed by atoms with Gasteiger partial charge in [0.1, 0.15) is 0 Å². The van der Waals surface area contributed by atoms with Crippen LogP contribution < -0.4 is 0 Å². The largest absolute Gasteiger partial charge is 0.512 e. The highest BCUT2D eigenvalue weighted by Gasteiger charge is 2.10. The predicted molar refractivity (Wildman–Crippen MR) is 140 cm³/mol. The highest BCUT2D eigenvalue weighted by molar-refractivity contribution is 6.17. The molecule has 0 bridgehead atoms. The Balaban J connectivity index is 2.09. The topological polar surface area (TPSA) is 20.2 Å². The van der Waals surface area contributed by atoms with Crippen LogP contribution in [0.15, 0.2) is 42.2 Å². The molecule has 1 rings (SSSR count). The van der Waals surface area contributed by atoms with Gasteiger partial charge in [-0.3, -0.25) is 0 Å². The molecule has 1 nitrogen and oxygen atoms in total. The highest BCUT2D eigenvalue weighted by Crippen LogP contribution is 2.28. The molecule has 2 heteroatoms. The molecule has 0 saturated carbocycles. The minimum Gasteiger partial charge on any atom is -0.512 e. The second kappa shape index (κ2) is 19.5. The van der Waals surface area contributed by atoms with E-state index in [9.17, 15) is 5.11 Å². The zero-order valence-electron chi connectivity index (χ0n) is 20.3. The smallest absolute Gasteiger partial charge is 0.0960 e. The lowest BCUT2D eigenvalue weighted by Crippen LogP contribution is -1.96. The predicted octanol–water partition coefficient (Wildman–Crippen LogP) is 10.5. The second-order valence-electron chi connectivity index (χ2n) is 8.76. The van der Waals surface area contributed by atoms with Gasteiger partial charge >= 0.3 is 0 Å². The molecule has 0 aliphatic carbocycles. The summed E-state index contributed by atoms with van der Waals surface area (Å²) < 4.78 is 0. The summed E-state index contributed by atoms with van der Waals surface area (Å²) in [4.78, 5) is 0. The molecule has 1 aromatic carbocycles. The maximum Gasteiger partial charge on any atom is 0.0960 e. The average Bonchev–Trinajstić information content (AvgIpc) is 2.79. The van der Waals surface area contributed by atoms with Crippen LogP contribution in [0.5, 0.6) is 0 Å². The summed E-state index contributed by atoms with van der Waals surface area (Å²) in [6.45, 7) is 4.39. The second-order valence-corrected chi connectivity index (χ2v) is 9.02. The molecule has 0 radical (unpaired) electrons. The van der Waals surface area contributed by atoms with E-state index in [1.54, 1.807) is 0 Å². The van der Waals surface area contributed by atoms with Crippen LogP contribution in [0.3, 0.4) is 0 Å². The van der Waals surface area contributed by atoms with Crippen molar-refractivity contribution in [1.82, 2.24) is 0 Å². The van der Waals surface area contributed by atoms with Gasteiger partial charge in [-0.05, 0) is 55.2 Å². The van der Waals surface area contributed by atoms with Gasteiger partial charge in [-0.15, -0.1) is 11.6 Å². The number of allylic oxidation sites excluding steroid dienone is 4. The number of alkyl halides is 1. The van der Waals surface area contributed by atoms with Crippen molar-refractivity contribution in [2.45, 2.75) is 122 Å². The summed E-state index contributed by atoms with van der Waals surface area (Å²) in [6, 6.07) is 8.17. The Bertz CT molecular complexity index is 617. The Labute approximate surface area is 198 Å². The minimum atomic E-state index is 0.487. The molecule has 31 heavy (non-hydrogen) atoms. The number of hydrogen-bond acceptors (Lipinski definition) is 1. The van der Waals surface area contributed by atoms with Crippen LogP contribution in [0, 0.1) is 0 Å². The van der Waals surface area contributed by atoms with E-state index in [4.69, 9.17) is 11.6 Å². The van der Waals surface area contributed by atoms with Gasteiger partial charge in [0.2, 0.25) is 0 Å². The Hall–Kier alpha value is -1.21. The van der Waals surface area contributed by atoms with Gasteiger partial charge in [0.15, 0.2) is 0 Å². The summed E-state index contributed by atoms with van der Waals surface area (Å²) >= 11 is 6.08. The van der Waals surface area contributed by atoms with Crippen LogP contribution in [0.2, 0.25) is 0 Å². The summed E-state index contributed by atoms with van der Waals surface area (Å²) in [6.07, 6.45) is 24.7. The lowest BCUT2D eigenvalue weighted by Gasteiger charge is -2.13. The molecule has 0 fully saturated rings. The molecule has 0 heterocycles. The van der Waals surface area contributed by atoms with Gasteiger partial charge in [0, 0.05) is 12.3 Å². The van der Waals surface area contributed by atoms with Crippen molar-refractivity contribution >= 4 is 17.2 Å². The first-order valence-electron chi connectivity index (χ1n) is 12.9. The lowest BCUT2D eigenvalue weighted by atomic mass is 9.95. The molecule has 0 spiro atoms. The summed E-state index contributed by atoms with van der Waals surface area (Å²) in [5, 5.41) is 10.6. The van der Waals surface area contributed by atoms with E-state index in [-0.39, 0.29) is 0 Å². The summed E-state index contributed by atoms with van der Waals surface area (Å²) in [5.41, 5.74) is 3.28. The summed E-state index contributed by atoms with van der Waals surface area (Å²) in [7, 11) is 0. The maximum absolute atomic E-state index is 10.6. The number of unbranched alkanes of at least 4 members (excludes halogenated alkanes) is 12. The van der Waals surface area contributed by atoms with Gasteiger partial charge in [0.05, 0.1) is 5.76 Å². The van der Waals surface area contributed by atoms with E-state index in [1.165, 1.54) is 83.5 Å². The van der Waals surface area contributed by atoms with Crippen LogP contribution in [0.25, 0.3) is 5.57 Å². The monoisotopic (exact) mass is 446 g/mol. The highest BCUT2D eigenvalue weighted by atomic mass is 35.5. The zero-order valence-corrected chi connectivity index (χ0v) is 21.1. The average molecular weight is 447 g/mol. The molecule has 1 aromatic rings. The van der Waals surface area contributed by atoms with Gasteiger partial charge in [-0.25, -0.2) is 0 Å². The molecule has 0 unspecified atom stereocenters. The number of benzene rings is 1. The first-order valence-corrected chi connectivity index (χ1v) is 13.5. The van der Waals surface area contributed by atoms with Gasteiger partial charge in [-0.1, -0.05) is 108 Å². The molecule has 0 aliphatic rings. The molecule has 0 aliphatic heterocycles. The maximum atomic E-state index is 10.6. The molecule has 0 atom stereocenters. The molecular weight excluding hydrogens is 400 g/mol. The summed E-state index contributed by atoms with van der Waals surface area (Å²) in [5.74, 6) is 1.04. The molecule has 1 N–H and O–H groups in total. The normalized spacial score (nSPS) is 12.5. The van der Waals surface area contributed by atoms with Crippen LogP contribution in [0.1, 0.15) is 128 Å². The molecule has 0 aromatic heterocycles. The van der Waals surface area contributed by atoms with Crippen molar-refractivity contribution in [3.8, 4) is 0 Å². The van der Waals surface area contributed by atoms with Crippen molar-refractivity contribution < 1.29 is 5.11 Å². The van der Waals surface area contributed by atoms with Crippen LogP contribution in [-0.4, -0.2) is 5.11 Å². The first kappa shape index (κ1) is 27.8. The number of halogens is 1. The van der Waals surface area contributed by atoms with E-state index >= 15 is 0 Å². The number of rotatable bonds is 19. The fourth-order valence-electron chi connectivity index (χ4n) is 4.17. The Morgan fingerprint density at radius 2 is 1.32 bits per heavy atom. The number of aliphatic hydroxyl groups excluding tert-OH is 1. The molecule has 176 valence electrons. The van der Waals surface area contributed by atoms with Crippen LogP contribution in [0.4, 0.5) is 0 Å². The zero-order chi connectivity index (χ0) is 22.6. The van der Waals surface area contributed by atoms with Gasteiger partial charge in [0.25, 0.3) is 0 Å². The van der Waals surface area contributed by atoms with Crippen LogP contribution in [-0.2, 0) is 5.88 Å². The van der Waals surface area contributed by atoms with Crippen molar-refractivity contribution in [3.05, 3.63) is 53.3 Å². The van der Waals surface area contributed by atoms with Gasteiger partial charge in [-0.2, -0.15) is 0 Å². The third kappa shape index (κ3) is 13.1. The van der Waals surface area contributed by atoms with Crippen molar-refractivity contribution in [1.29, 1.82) is 0 Å². The Morgan fingerprint density at radius 1 is 0.774 bits per heavy atom. The van der Waals surface area contributed by atoms with Crippen molar-refractivity contribution in [3.63, 3.8) is 0 Å². The van der Waals surface area contributed by atoms with E-state index in [1.807, 2.05) is 12.1 Å². The lowest BCUT2D eigenvalue weighted by molar-refractivity contribution is 0.381. The quantitative estimate of drug-likeness (QED) is 0.0968.